The Bertz CT molecular complexity index is 564. The predicted molar refractivity (Wildman–Crippen MR) is 78.4 cm³/mol. The molecule has 0 saturated carbocycles. The van der Waals surface area contributed by atoms with Gasteiger partial charge in [0.15, 0.2) is 0 Å². The topological polar surface area (TPSA) is 68.0 Å². The number of halogens is 2. The van der Waals surface area contributed by atoms with Crippen LogP contribution >= 0.6 is 31.9 Å². The number of hydrogen-bond donors (Lipinski definition) is 2. The van der Waals surface area contributed by atoms with Crippen molar-refractivity contribution in [2.24, 2.45) is 0 Å². The summed E-state index contributed by atoms with van der Waals surface area (Å²) in [7, 11) is 0. The van der Waals surface area contributed by atoms with Crippen LogP contribution in [0.2, 0.25) is 0 Å². The normalized spacial score (nSPS) is 10.1. The SMILES string of the molecule is Nc1cc(Br)cc(C(=O)Nc2ccc(Br)cn2)c1. The molecule has 0 radical (unpaired) electrons. The number of nitrogens with zero attached hydrogens (tertiary/aromatic N) is 1. The highest BCUT2D eigenvalue weighted by Crippen LogP contribution is 2.18. The minimum atomic E-state index is -0.252. The number of rotatable bonds is 2. The van der Waals surface area contributed by atoms with Gasteiger partial charge in [-0.2, -0.15) is 0 Å². The Morgan fingerprint density at radius 3 is 2.56 bits per heavy atom. The first-order chi connectivity index (χ1) is 8.54. The summed E-state index contributed by atoms with van der Waals surface area (Å²) in [5.74, 6) is 0.236. The molecule has 1 aromatic carbocycles. The molecule has 0 fully saturated rings. The van der Waals surface area contributed by atoms with Crippen LogP contribution in [0, 0.1) is 0 Å². The number of amides is 1. The van der Waals surface area contributed by atoms with Crippen LogP contribution < -0.4 is 11.1 Å². The second kappa shape index (κ2) is 5.49. The van der Waals surface area contributed by atoms with E-state index in [1.807, 2.05) is 0 Å². The predicted octanol–water partition coefficient (Wildman–Crippen LogP) is 3.44. The van der Waals surface area contributed by atoms with Gasteiger partial charge in [-0.05, 0) is 46.3 Å². The van der Waals surface area contributed by atoms with E-state index >= 15 is 0 Å². The van der Waals surface area contributed by atoms with Gasteiger partial charge in [0.2, 0.25) is 0 Å². The Kier molecular flexibility index (Phi) is 3.98. The van der Waals surface area contributed by atoms with E-state index in [0.29, 0.717) is 17.1 Å². The first-order valence-electron chi connectivity index (χ1n) is 5.03. The molecule has 3 N–H and O–H groups in total. The Labute approximate surface area is 121 Å². The van der Waals surface area contributed by atoms with Gasteiger partial charge in [-0.3, -0.25) is 4.79 Å². The third kappa shape index (κ3) is 3.30. The lowest BCUT2D eigenvalue weighted by Gasteiger charge is -2.06. The quantitative estimate of drug-likeness (QED) is 0.795. The maximum atomic E-state index is 12.0. The van der Waals surface area contributed by atoms with Crippen molar-refractivity contribution in [3.05, 3.63) is 51.0 Å². The molecule has 1 aromatic heterocycles. The number of hydrogen-bond acceptors (Lipinski definition) is 3. The zero-order chi connectivity index (χ0) is 13.1. The largest absolute Gasteiger partial charge is 0.399 e. The lowest BCUT2D eigenvalue weighted by molar-refractivity contribution is 0.102. The molecule has 0 aliphatic carbocycles. The van der Waals surface area contributed by atoms with Crippen LogP contribution in [0.25, 0.3) is 0 Å². The lowest BCUT2D eigenvalue weighted by Crippen LogP contribution is -2.13. The zero-order valence-electron chi connectivity index (χ0n) is 9.15. The van der Waals surface area contributed by atoms with E-state index < -0.39 is 0 Å². The van der Waals surface area contributed by atoms with E-state index in [1.165, 1.54) is 0 Å². The fourth-order valence-electron chi connectivity index (χ4n) is 1.38. The summed E-state index contributed by atoms with van der Waals surface area (Å²) >= 11 is 6.57. The van der Waals surface area contributed by atoms with E-state index in [-0.39, 0.29) is 5.91 Å². The second-order valence-corrected chi connectivity index (χ2v) is 5.42. The number of anilines is 2. The van der Waals surface area contributed by atoms with Crippen LogP contribution in [0.15, 0.2) is 45.5 Å². The first kappa shape index (κ1) is 13.0. The van der Waals surface area contributed by atoms with Gasteiger partial charge in [0, 0.05) is 26.4 Å². The minimum Gasteiger partial charge on any atom is -0.399 e. The number of nitrogens with two attached hydrogens (primary N) is 1. The summed E-state index contributed by atoms with van der Waals surface area (Å²) < 4.78 is 1.61. The van der Waals surface area contributed by atoms with E-state index in [0.717, 1.165) is 8.95 Å². The van der Waals surface area contributed by atoms with Crippen LogP contribution in [0.1, 0.15) is 10.4 Å². The maximum absolute atomic E-state index is 12.0. The van der Waals surface area contributed by atoms with Gasteiger partial charge < -0.3 is 11.1 Å². The van der Waals surface area contributed by atoms with Crippen LogP contribution in [-0.4, -0.2) is 10.9 Å². The number of carbonyl (C=O) groups is 1. The van der Waals surface area contributed by atoms with Crippen molar-refractivity contribution in [2.45, 2.75) is 0 Å². The van der Waals surface area contributed by atoms with Crippen molar-refractivity contribution >= 4 is 49.3 Å². The molecule has 1 amide bonds. The highest BCUT2D eigenvalue weighted by Gasteiger charge is 2.08. The molecule has 2 aromatic rings. The third-order valence-corrected chi connectivity index (χ3v) is 3.08. The van der Waals surface area contributed by atoms with Crippen LogP contribution in [-0.2, 0) is 0 Å². The smallest absolute Gasteiger partial charge is 0.256 e. The molecule has 0 atom stereocenters. The fraction of sp³-hybridized carbons (Fsp3) is 0. The molecular weight excluding hydrogens is 362 g/mol. The molecule has 0 saturated heterocycles. The van der Waals surface area contributed by atoms with Crippen molar-refractivity contribution in [3.63, 3.8) is 0 Å². The number of pyridine rings is 1. The van der Waals surface area contributed by atoms with Gasteiger partial charge >= 0.3 is 0 Å². The molecule has 92 valence electrons. The molecule has 0 aliphatic heterocycles. The summed E-state index contributed by atoms with van der Waals surface area (Å²) in [5, 5.41) is 2.69. The molecule has 0 aliphatic rings. The standard InChI is InChI=1S/C12H9Br2N3O/c13-8-1-2-11(16-6-8)17-12(18)7-3-9(14)5-10(15)4-7/h1-6H,15H2,(H,16,17,18). The average molecular weight is 371 g/mol. The van der Waals surface area contributed by atoms with Crippen LogP contribution in [0.5, 0.6) is 0 Å². The lowest BCUT2D eigenvalue weighted by atomic mass is 10.2. The highest BCUT2D eigenvalue weighted by molar-refractivity contribution is 9.10. The van der Waals surface area contributed by atoms with Crippen molar-refractivity contribution < 1.29 is 4.79 Å². The fourth-order valence-corrected chi connectivity index (χ4v) is 2.13. The molecule has 4 nitrogen and oxygen atoms in total. The van der Waals surface area contributed by atoms with Gasteiger partial charge in [-0.25, -0.2) is 4.98 Å². The van der Waals surface area contributed by atoms with Crippen LogP contribution in [0.3, 0.4) is 0 Å². The number of aromatic nitrogens is 1. The maximum Gasteiger partial charge on any atom is 0.256 e. The van der Waals surface area contributed by atoms with Gasteiger partial charge in [-0.15, -0.1) is 0 Å². The molecule has 18 heavy (non-hydrogen) atoms. The Hall–Kier alpha value is -1.40. The Morgan fingerprint density at radius 2 is 1.94 bits per heavy atom. The summed E-state index contributed by atoms with van der Waals surface area (Å²) in [5.41, 5.74) is 6.68. The number of benzene rings is 1. The molecule has 2 rings (SSSR count). The van der Waals surface area contributed by atoms with Crippen molar-refractivity contribution in [3.8, 4) is 0 Å². The van der Waals surface area contributed by atoms with Gasteiger partial charge in [0.05, 0.1) is 0 Å². The summed E-state index contributed by atoms with van der Waals surface area (Å²) in [6.45, 7) is 0. The minimum absolute atomic E-state index is 0.252. The molecular formula is C12H9Br2N3O. The Morgan fingerprint density at radius 1 is 1.17 bits per heavy atom. The van der Waals surface area contributed by atoms with Crippen LogP contribution in [0.4, 0.5) is 11.5 Å². The van der Waals surface area contributed by atoms with Crippen molar-refractivity contribution in [1.29, 1.82) is 0 Å². The molecule has 0 unspecified atom stereocenters. The number of nitrogens with one attached hydrogen (secondary N) is 1. The first-order valence-corrected chi connectivity index (χ1v) is 6.62. The van der Waals surface area contributed by atoms with Gasteiger partial charge in [0.1, 0.15) is 5.82 Å². The van der Waals surface area contributed by atoms with Crippen molar-refractivity contribution in [1.82, 2.24) is 4.98 Å². The molecule has 0 spiro atoms. The van der Waals surface area contributed by atoms with Gasteiger partial charge in [0.25, 0.3) is 5.91 Å². The summed E-state index contributed by atoms with van der Waals surface area (Å²) in [4.78, 5) is 16.0. The monoisotopic (exact) mass is 369 g/mol. The van der Waals surface area contributed by atoms with Crippen molar-refractivity contribution in [2.75, 3.05) is 11.1 Å². The highest BCUT2D eigenvalue weighted by atomic mass is 79.9. The summed E-state index contributed by atoms with van der Waals surface area (Å²) in [6.07, 6.45) is 1.62. The zero-order valence-corrected chi connectivity index (χ0v) is 12.3. The van der Waals surface area contributed by atoms with Gasteiger partial charge in [-0.1, -0.05) is 15.9 Å². The average Bonchev–Trinajstić information content (AvgIpc) is 2.31. The van der Waals surface area contributed by atoms with E-state index in [4.69, 9.17) is 5.73 Å². The number of carbonyl (C=O) groups excluding carboxylic acids is 1. The van der Waals surface area contributed by atoms with E-state index in [1.54, 1.807) is 36.5 Å². The molecule has 1 heterocycles. The third-order valence-electron chi connectivity index (χ3n) is 2.15. The summed E-state index contributed by atoms with van der Waals surface area (Å²) in [6, 6.07) is 8.55. The molecule has 6 heteroatoms. The Balaban J connectivity index is 2.19. The van der Waals surface area contributed by atoms with E-state index in [2.05, 4.69) is 42.2 Å². The molecule has 0 bridgehead atoms. The number of nitrogen functional groups attached to an aromatic ring is 1. The second-order valence-electron chi connectivity index (χ2n) is 3.59. The van der Waals surface area contributed by atoms with E-state index in [9.17, 15) is 4.79 Å².